The number of hydrogen-bond donors (Lipinski definition) is 2. The monoisotopic (exact) mass is 358 g/mol. The van der Waals surface area contributed by atoms with Crippen molar-refractivity contribution in [2.45, 2.75) is 18.9 Å². The summed E-state index contributed by atoms with van der Waals surface area (Å²) in [6.45, 7) is 1.24. The fraction of sp³-hybridized carbons (Fsp3) is 0.368. The second kappa shape index (κ2) is 8.27. The average molecular weight is 358 g/mol. The van der Waals surface area contributed by atoms with Crippen LogP contribution in [0.1, 0.15) is 34.2 Å². The highest BCUT2D eigenvalue weighted by Gasteiger charge is 2.28. The maximum Gasteiger partial charge on any atom is 0.251 e. The van der Waals surface area contributed by atoms with Crippen molar-refractivity contribution in [2.75, 3.05) is 19.6 Å². The largest absolute Gasteiger partial charge is 0.387 e. The van der Waals surface area contributed by atoms with Crippen LogP contribution in [0.2, 0.25) is 0 Å². The van der Waals surface area contributed by atoms with Crippen LogP contribution in [-0.4, -0.2) is 41.5 Å². The fourth-order valence-corrected chi connectivity index (χ4v) is 3.92. The molecule has 0 spiro atoms. The van der Waals surface area contributed by atoms with Gasteiger partial charge in [-0.25, -0.2) is 0 Å². The minimum Gasteiger partial charge on any atom is -0.387 e. The number of hydrogen-bond acceptors (Lipinski definition) is 4. The second-order valence-electron chi connectivity index (χ2n) is 6.23. The first kappa shape index (κ1) is 17.6. The van der Waals surface area contributed by atoms with Gasteiger partial charge in [0.15, 0.2) is 0 Å². The molecule has 1 aromatic carbocycles. The number of aliphatic hydroxyl groups is 1. The van der Waals surface area contributed by atoms with E-state index in [0.29, 0.717) is 18.7 Å². The molecule has 132 valence electrons. The summed E-state index contributed by atoms with van der Waals surface area (Å²) in [6, 6.07) is 12.8. The van der Waals surface area contributed by atoms with Gasteiger partial charge in [-0.2, -0.15) is 0 Å². The molecule has 2 aromatic rings. The zero-order valence-corrected chi connectivity index (χ0v) is 14.7. The standard InChI is InChI=1S/C19H22N2O3S/c22-17(13-20-19(24)15-5-2-1-3-6-15)21-10-8-14(9-11-21)18(23)16-7-4-12-25-16/h1-7,12,14,18,23H,8-11,13H2,(H,20,24). The molecule has 2 N–H and O–H groups in total. The van der Waals surface area contributed by atoms with Gasteiger partial charge in [-0.3, -0.25) is 9.59 Å². The van der Waals surface area contributed by atoms with E-state index in [-0.39, 0.29) is 24.3 Å². The molecule has 0 aliphatic carbocycles. The number of aliphatic hydroxyl groups excluding tert-OH is 1. The second-order valence-corrected chi connectivity index (χ2v) is 7.21. The highest BCUT2D eigenvalue weighted by molar-refractivity contribution is 7.10. The predicted molar refractivity (Wildman–Crippen MR) is 97.4 cm³/mol. The van der Waals surface area contributed by atoms with Crippen LogP contribution in [0.15, 0.2) is 47.8 Å². The van der Waals surface area contributed by atoms with Gasteiger partial charge in [0, 0.05) is 23.5 Å². The molecule has 1 atom stereocenters. The Balaban J connectivity index is 1.45. The van der Waals surface area contributed by atoms with Gasteiger partial charge in [0.25, 0.3) is 5.91 Å². The van der Waals surface area contributed by atoms with Gasteiger partial charge in [0.05, 0.1) is 12.6 Å². The molecule has 0 saturated carbocycles. The van der Waals surface area contributed by atoms with E-state index in [1.165, 1.54) is 0 Å². The molecule has 2 amide bonds. The van der Waals surface area contributed by atoms with Crippen LogP contribution in [0.4, 0.5) is 0 Å². The molecule has 1 saturated heterocycles. The number of rotatable bonds is 5. The van der Waals surface area contributed by atoms with E-state index in [9.17, 15) is 14.7 Å². The number of carbonyl (C=O) groups excluding carboxylic acids is 2. The van der Waals surface area contributed by atoms with Crippen LogP contribution in [0.25, 0.3) is 0 Å². The molecule has 0 radical (unpaired) electrons. The minimum absolute atomic E-state index is 0.00583. The molecular weight excluding hydrogens is 336 g/mol. The molecule has 2 heterocycles. The number of carbonyl (C=O) groups is 2. The lowest BCUT2D eigenvalue weighted by molar-refractivity contribution is -0.132. The maximum absolute atomic E-state index is 12.3. The first-order valence-electron chi connectivity index (χ1n) is 8.47. The molecule has 1 aliphatic rings. The minimum atomic E-state index is -0.449. The van der Waals surface area contributed by atoms with Crippen molar-refractivity contribution in [3.63, 3.8) is 0 Å². The van der Waals surface area contributed by atoms with Gasteiger partial charge in [0.1, 0.15) is 0 Å². The summed E-state index contributed by atoms with van der Waals surface area (Å²) in [5, 5.41) is 15.1. The van der Waals surface area contributed by atoms with Crippen LogP contribution in [0.3, 0.4) is 0 Å². The summed E-state index contributed by atoms with van der Waals surface area (Å²) < 4.78 is 0. The van der Waals surface area contributed by atoms with Gasteiger partial charge >= 0.3 is 0 Å². The number of benzene rings is 1. The molecule has 0 bridgehead atoms. The van der Waals surface area contributed by atoms with Crippen molar-refractivity contribution in [2.24, 2.45) is 5.92 Å². The lowest BCUT2D eigenvalue weighted by atomic mass is 9.90. The molecule has 1 unspecified atom stereocenters. The van der Waals surface area contributed by atoms with Gasteiger partial charge in [-0.15, -0.1) is 11.3 Å². The summed E-state index contributed by atoms with van der Waals surface area (Å²) in [4.78, 5) is 27.0. The number of amides is 2. The Morgan fingerprint density at radius 2 is 1.88 bits per heavy atom. The van der Waals surface area contributed by atoms with E-state index in [1.807, 2.05) is 23.6 Å². The Bertz CT molecular complexity index is 695. The van der Waals surface area contributed by atoms with Crippen molar-refractivity contribution < 1.29 is 14.7 Å². The lowest BCUT2D eigenvalue weighted by Gasteiger charge is -2.34. The molecule has 5 nitrogen and oxygen atoms in total. The fourth-order valence-electron chi connectivity index (χ4n) is 3.12. The molecule has 25 heavy (non-hydrogen) atoms. The number of thiophene rings is 1. The Kier molecular flexibility index (Phi) is 5.83. The summed E-state index contributed by atoms with van der Waals surface area (Å²) in [7, 11) is 0. The van der Waals surface area contributed by atoms with Gasteiger partial charge in [-0.05, 0) is 42.3 Å². The van der Waals surface area contributed by atoms with Gasteiger partial charge in [-0.1, -0.05) is 24.3 Å². The number of piperidine rings is 1. The average Bonchev–Trinajstić information content (AvgIpc) is 3.21. The molecule has 1 fully saturated rings. The number of nitrogens with one attached hydrogen (secondary N) is 1. The third-order valence-electron chi connectivity index (χ3n) is 4.61. The van der Waals surface area contributed by atoms with E-state index >= 15 is 0 Å². The van der Waals surface area contributed by atoms with Gasteiger partial charge < -0.3 is 15.3 Å². The van der Waals surface area contributed by atoms with E-state index in [2.05, 4.69) is 5.32 Å². The van der Waals surface area contributed by atoms with Crippen LogP contribution in [-0.2, 0) is 4.79 Å². The summed E-state index contributed by atoms with van der Waals surface area (Å²) in [5.74, 6) is -0.132. The molecule has 1 aromatic heterocycles. The van der Waals surface area contributed by atoms with Crippen molar-refractivity contribution in [3.05, 3.63) is 58.3 Å². The summed E-state index contributed by atoms with van der Waals surface area (Å²) in [5.41, 5.74) is 0.549. The van der Waals surface area contributed by atoms with Crippen molar-refractivity contribution in [1.29, 1.82) is 0 Å². The number of nitrogens with zero attached hydrogens (tertiary/aromatic N) is 1. The van der Waals surface area contributed by atoms with E-state index in [0.717, 1.165) is 17.7 Å². The van der Waals surface area contributed by atoms with Gasteiger partial charge in [0.2, 0.25) is 5.91 Å². The van der Waals surface area contributed by atoms with Crippen LogP contribution in [0.5, 0.6) is 0 Å². The first-order chi connectivity index (χ1) is 12.1. The highest BCUT2D eigenvalue weighted by atomic mass is 32.1. The van der Waals surface area contributed by atoms with Crippen LogP contribution < -0.4 is 5.32 Å². The van der Waals surface area contributed by atoms with Crippen molar-refractivity contribution >= 4 is 23.2 Å². The predicted octanol–water partition coefficient (Wildman–Crippen LogP) is 2.45. The van der Waals surface area contributed by atoms with Crippen LogP contribution in [0, 0.1) is 5.92 Å². The molecule has 1 aliphatic heterocycles. The van der Waals surface area contributed by atoms with Crippen LogP contribution >= 0.6 is 11.3 Å². The first-order valence-corrected chi connectivity index (χ1v) is 9.35. The summed E-state index contributed by atoms with van der Waals surface area (Å²) in [6.07, 6.45) is 1.10. The highest BCUT2D eigenvalue weighted by Crippen LogP contribution is 2.32. The topological polar surface area (TPSA) is 69.6 Å². The van der Waals surface area contributed by atoms with Crippen molar-refractivity contribution in [1.82, 2.24) is 10.2 Å². The normalized spacial score (nSPS) is 16.4. The van der Waals surface area contributed by atoms with Crippen molar-refractivity contribution in [3.8, 4) is 0 Å². The Hall–Kier alpha value is -2.18. The van der Waals surface area contributed by atoms with E-state index < -0.39 is 6.10 Å². The zero-order chi connectivity index (χ0) is 17.6. The lowest BCUT2D eigenvalue weighted by Crippen LogP contribution is -2.44. The third-order valence-corrected chi connectivity index (χ3v) is 5.55. The molecule has 3 rings (SSSR count). The maximum atomic E-state index is 12.3. The third kappa shape index (κ3) is 4.46. The molecular formula is C19H22N2O3S. The zero-order valence-electron chi connectivity index (χ0n) is 13.9. The van der Waals surface area contributed by atoms with E-state index in [1.54, 1.807) is 40.5 Å². The Morgan fingerprint density at radius 1 is 1.16 bits per heavy atom. The quantitative estimate of drug-likeness (QED) is 0.863. The Morgan fingerprint density at radius 3 is 2.52 bits per heavy atom. The Labute approximate surface area is 151 Å². The summed E-state index contributed by atoms with van der Waals surface area (Å²) >= 11 is 1.56. The SMILES string of the molecule is O=C(NCC(=O)N1CCC(C(O)c2cccs2)CC1)c1ccccc1. The number of likely N-dealkylation sites (tertiary alicyclic amines) is 1. The van der Waals surface area contributed by atoms with E-state index in [4.69, 9.17) is 0 Å². The smallest absolute Gasteiger partial charge is 0.251 e. The molecule has 6 heteroatoms.